The van der Waals surface area contributed by atoms with E-state index in [0.717, 1.165) is 17.8 Å². The fourth-order valence-corrected chi connectivity index (χ4v) is 2.45. The zero-order chi connectivity index (χ0) is 16.2. The first-order valence-electron chi connectivity index (χ1n) is 7.57. The van der Waals surface area contributed by atoms with Crippen molar-refractivity contribution in [1.29, 1.82) is 0 Å². The molecule has 1 amide bonds. The molecule has 0 spiro atoms. The van der Waals surface area contributed by atoms with E-state index in [1.165, 1.54) is 0 Å². The summed E-state index contributed by atoms with van der Waals surface area (Å²) in [6.45, 7) is 6.22. The highest BCUT2D eigenvalue weighted by Crippen LogP contribution is 2.20. The Hall–Kier alpha value is -1.95. The van der Waals surface area contributed by atoms with Gasteiger partial charge in [-0.3, -0.25) is 4.79 Å². The Morgan fingerprint density at radius 1 is 1.45 bits per heavy atom. The zero-order valence-electron chi connectivity index (χ0n) is 13.4. The third-order valence-corrected chi connectivity index (χ3v) is 3.34. The number of aromatic nitrogens is 3. The number of amides is 1. The Kier molecular flexibility index (Phi) is 5.13. The van der Waals surface area contributed by atoms with E-state index in [9.17, 15) is 9.90 Å². The highest BCUT2D eigenvalue weighted by atomic mass is 16.3. The average Bonchev–Trinajstić information content (AvgIpc) is 2.85. The summed E-state index contributed by atoms with van der Waals surface area (Å²) >= 11 is 0. The van der Waals surface area contributed by atoms with Crippen molar-refractivity contribution >= 4 is 17.1 Å². The van der Waals surface area contributed by atoms with Gasteiger partial charge in [0.1, 0.15) is 5.82 Å². The van der Waals surface area contributed by atoms with Gasteiger partial charge in [0.25, 0.3) is 0 Å². The molecule has 0 saturated heterocycles. The van der Waals surface area contributed by atoms with Crippen molar-refractivity contribution in [2.75, 3.05) is 6.61 Å². The van der Waals surface area contributed by atoms with Gasteiger partial charge in [-0.25, -0.2) is 9.97 Å². The first-order valence-corrected chi connectivity index (χ1v) is 7.57. The molecule has 0 fully saturated rings. The molecule has 3 N–H and O–H groups in total. The van der Waals surface area contributed by atoms with Crippen LogP contribution in [0.1, 0.15) is 39.4 Å². The van der Waals surface area contributed by atoms with Gasteiger partial charge in [0, 0.05) is 19.0 Å². The van der Waals surface area contributed by atoms with E-state index in [0.29, 0.717) is 18.5 Å². The van der Waals surface area contributed by atoms with Crippen LogP contribution in [0.25, 0.3) is 11.2 Å². The summed E-state index contributed by atoms with van der Waals surface area (Å²) in [5.74, 6) is 0.678. The zero-order valence-corrected chi connectivity index (χ0v) is 13.4. The number of aliphatic hydroxyl groups is 1. The van der Waals surface area contributed by atoms with Crippen LogP contribution in [0.15, 0.2) is 18.3 Å². The number of nitrogens with zero attached hydrogens (tertiary/aromatic N) is 2. The van der Waals surface area contributed by atoms with E-state index in [2.05, 4.69) is 41.0 Å². The van der Waals surface area contributed by atoms with Gasteiger partial charge >= 0.3 is 0 Å². The Morgan fingerprint density at radius 3 is 2.86 bits per heavy atom. The molecule has 22 heavy (non-hydrogen) atoms. The van der Waals surface area contributed by atoms with Gasteiger partial charge in [-0.1, -0.05) is 20.8 Å². The minimum Gasteiger partial charge on any atom is -0.394 e. The number of rotatable bonds is 6. The monoisotopic (exact) mass is 304 g/mol. The summed E-state index contributed by atoms with van der Waals surface area (Å²) < 4.78 is 0. The van der Waals surface area contributed by atoms with Gasteiger partial charge in [0.05, 0.1) is 18.2 Å². The Morgan fingerprint density at radius 2 is 2.23 bits per heavy atom. The first-order chi connectivity index (χ1) is 10.4. The highest BCUT2D eigenvalue weighted by molar-refractivity contribution is 5.76. The molecule has 2 aromatic rings. The molecule has 120 valence electrons. The van der Waals surface area contributed by atoms with Crippen LogP contribution in [0.5, 0.6) is 0 Å². The summed E-state index contributed by atoms with van der Waals surface area (Å²) in [7, 11) is 0. The molecule has 0 aliphatic carbocycles. The standard InChI is InChI=1S/C16H24N4O2/c1-16(2,3)9-11(10-21)18-14(22)7-6-13-19-12-5-4-8-17-15(12)20-13/h4-5,8,11,21H,6-7,9-10H2,1-3H3,(H,18,22)(H,17,19,20). The van der Waals surface area contributed by atoms with Gasteiger partial charge in [0.15, 0.2) is 5.65 Å². The van der Waals surface area contributed by atoms with Crippen molar-refractivity contribution in [3.8, 4) is 0 Å². The number of aliphatic hydroxyl groups excluding tert-OH is 1. The molecule has 0 aliphatic heterocycles. The molecular formula is C16H24N4O2. The SMILES string of the molecule is CC(C)(C)CC(CO)NC(=O)CCc1nc2ncccc2[nH]1. The number of fused-ring (bicyclic) bond motifs is 1. The van der Waals surface area contributed by atoms with Crippen LogP contribution in [-0.2, 0) is 11.2 Å². The molecule has 2 heterocycles. The number of carbonyl (C=O) groups excluding carboxylic acids is 1. The second kappa shape index (κ2) is 6.87. The van der Waals surface area contributed by atoms with Crippen LogP contribution in [0.3, 0.4) is 0 Å². The van der Waals surface area contributed by atoms with Crippen LogP contribution in [-0.4, -0.2) is 38.6 Å². The summed E-state index contributed by atoms with van der Waals surface area (Å²) in [6, 6.07) is 3.55. The smallest absolute Gasteiger partial charge is 0.220 e. The van der Waals surface area contributed by atoms with Crippen molar-refractivity contribution in [2.45, 2.75) is 46.1 Å². The van der Waals surface area contributed by atoms with E-state index in [1.807, 2.05) is 12.1 Å². The quantitative estimate of drug-likeness (QED) is 0.759. The van der Waals surface area contributed by atoms with Gasteiger partial charge in [-0.2, -0.15) is 0 Å². The van der Waals surface area contributed by atoms with Crippen LogP contribution in [0.2, 0.25) is 0 Å². The van der Waals surface area contributed by atoms with E-state index in [1.54, 1.807) is 6.20 Å². The molecule has 2 aromatic heterocycles. The summed E-state index contributed by atoms with van der Waals surface area (Å²) in [5, 5.41) is 12.3. The predicted octanol–water partition coefficient (Wildman–Crippen LogP) is 1.80. The lowest BCUT2D eigenvalue weighted by molar-refractivity contribution is -0.122. The average molecular weight is 304 g/mol. The molecule has 1 unspecified atom stereocenters. The maximum Gasteiger partial charge on any atom is 0.220 e. The largest absolute Gasteiger partial charge is 0.394 e. The van der Waals surface area contributed by atoms with E-state index >= 15 is 0 Å². The molecular weight excluding hydrogens is 280 g/mol. The minimum atomic E-state index is -0.204. The van der Waals surface area contributed by atoms with E-state index in [-0.39, 0.29) is 24.0 Å². The molecule has 0 aromatic carbocycles. The van der Waals surface area contributed by atoms with Gasteiger partial charge < -0.3 is 15.4 Å². The minimum absolute atomic E-state index is 0.0441. The van der Waals surface area contributed by atoms with Crippen LogP contribution < -0.4 is 5.32 Å². The number of H-pyrrole nitrogens is 1. The summed E-state index contributed by atoms with van der Waals surface area (Å²) in [5.41, 5.74) is 1.60. The molecule has 2 rings (SSSR count). The second-order valence-electron chi connectivity index (χ2n) is 6.77. The topological polar surface area (TPSA) is 90.9 Å². The summed E-state index contributed by atoms with van der Waals surface area (Å²) in [6.07, 6.45) is 3.29. The lowest BCUT2D eigenvalue weighted by Gasteiger charge is -2.25. The Labute approximate surface area is 130 Å². The lowest BCUT2D eigenvalue weighted by Crippen LogP contribution is -2.40. The molecule has 1 atom stereocenters. The number of aryl methyl sites for hydroxylation is 1. The number of imidazole rings is 1. The maximum absolute atomic E-state index is 12.0. The molecule has 0 radical (unpaired) electrons. The number of hydrogen-bond donors (Lipinski definition) is 3. The van der Waals surface area contributed by atoms with Gasteiger partial charge in [0.2, 0.25) is 5.91 Å². The third kappa shape index (κ3) is 4.80. The van der Waals surface area contributed by atoms with Crippen molar-refractivity contribution in [1.82, 2.24) is 20.3 Å². The lowest BCUT2D eigenvalue weighted by atomic mass is 9.88. The number of carbonyl (C=O) groups is 1. The molecule has 0 bridgehead atoms. The molecule has 6 heteroatoms. The van der Waals surface area contributed by atoms with E-state index in [4.69, 9.17) is 0 Å². The van der Waals surface area contributed by atoms with Crippen LogP contribution >= 0.6 is 0 Å². The fourth-order valence-electron chi connectivity index (χ4n) is 2.45. The normalized spacial score (nSPS) is 13.3. The van der Waals surface area contributed by atoms with Crippen molar-refractivity contribution in [3.05, 3.63) is 24.2 Å². The molecule has 6 nitrogen and oxygen atoms in total. The van der Waals surface area contributed by atoms with Crippen molar-refractivity contribution < 1.29 is 9.90 Å². The van der Waals surface area contributed by atoms with Crippen LogP contribution in [0.4, 0.5) is 0 Å². The van der Waals surface area contributed by atoms with Crippen molar-refractivity contribution in [2.24, 2.45) is 5.41 Å². The van der Waals surface area contributed by atoms with Gasteiger partial charge in [-0.05, 0) is 24.0 Å². The maximum atomic E-state index is 12.0. The van der Waals surface area contributed by atoms with E-state index < -0.39 is 0 Å². The Bertz CT molecular complexity index is 597. The number of pyridine rings is 1. The van der Waals surface area contributed by atoms with Crippen LogP contribution in [0, 0.1) is 5.41 Å². The first kappa shape index (κ1) is 16.4. The number of hydrogen-bond acceptors (Lipinski definition) is 4. The number of nitrogens with one attached hydrogen (secondary N) is 2. The summed E-state index contributed by atoms with van der Waals surface area (Å²) in [4.78, 5) is 23.7. The Balaban J connectivity index is 1.86. The van der Waals surface area contributed by atoms with Crippen molar-refractivity contribution in [3.63, 3.8) is 0 Å². The number of aromatic amines is 1. The molecule has 0 saturated carbocycles. The third-order valence-electron chi connectivity index (χ3n) is 3.34. The second-order valence-corrected chi connectivity index (χ2v) is 6.77. The molecule has 0 aliphatic rings. The fraction of sp³-hybridized carbons (Fsp3) is 0.562. The highest BCUT2D eigenvalue weighted by Gasteiger charge is 2.19. The van der Waals surface area contributed by atoms with Gasteiger partial charge in [-0.15, -0.1) is 0 Å². The predicted molar refractivity (Wildman–Crippen MR) is 85.3 cm³/mol.